The number of hydrogen-bond acceptors (Lipinski definition) is 3. The third-order valence-electron chi connectivity index (χ3n) is 4.42. The van der Waals surface area contributed by atoms with Crippen molar-refractivity contribution in [3.05, 3.63) is 35.4 Å². The number of halogens is 3. The molecular formula is C19H26F3N3O2. The van der Waals surface area contributed by atoms with Crippen molar-refractivity contribution in [1.82, 2.24) is 10.2 Å². The quantitative estimate of drug-likeness (QED) is 0.479. The number of carbonyl (C=O) groups excluding carboxylic acids is 1. The van der Waals surface area contributed by atoms with Crippen LogP contribution < -0.4 is 5.32 Å². The van der Waals surface area contributed by atoms with E-state index in [0.717, 1.165) is 12.1 Å². The van der Waals surface area contributed by atoms with Gasteiger partial charge in [-0.3, -0.25) is 4.79 Å². The van der Waals surface area contributed by atoms with Crippen LogP contribution in [0.2, 0.25) is 0 Å². The van der Waals surface area contributed by atoms with Gasteiger partial charge in [0, 0.05) is 19.6 Å². The highest BCUT2D eigenvalue weighted by Crippen LogP contribution is 2.29. The lowest BCUT2D eigenvalue weighted by Gasteiger charge is -2.33. The minimum absolute atomic E-state index is 0.104. The number of benzene rings is 1. The topological polar surface area (TPSA) is 53.9 Å². The minimum atomic E-state index is -4.36. The summed E-state index contributed by atoms with van der Waals surface area (Å²) in [5, 5.41) is 3.17. The van der Waals surface area contributed by atoms with Gasteiger partial charge >= 0.3 is 12.1 Å². The Bertz CT molecular complexity index is 654. The molecule has 0 unspecified atom stereocenters. The average molecular weight is 385 g/mol. The number of hydrogen-bond donors (Lipinski definition) is 1. The zero-order valence-electron chi connectivity index (χ0n) is 15.7. The van der Waals surface area contributed by atoms with E-state index in [1.54, 1.807) is 13.0 Å². The van der Waals surface area contributed by atoms with Crippen molar-refractivity contribution in [1.29, 1.82) is 0 Å². The monoisotopic (exact) mass is 385 g/mol. The molecule has 0 atom stereocenters. The number of nitrogens with one attached hydrogen (secondary N) is 1. The molecule has 0 radical (unpaired) electrons. The van der Waals surface area contributed by atoms with E-state index in [1.165, 1.54) is 6.07 Å². The summed E-state index contributed by atoms with van der Waals surface area (Å²) >= 11 is 0. The van der Waals surface area contributed by atoms with E-state index in [2.05, 4.69) is 10.3 Å². The Morgan fingerprint density at radius 3 is 2.59 bits per heavy atom. The molecule has 0 spiro atoms. The molecule has 1 aliphatic heterocycles. The van der Waals surface area contributed by atoms with E-state index in [9.17, 15) is 18.0 Å². The molecule has 150 valence electrons. The first-order valence-electron chi connectivity index (χ1n) is 9.21. The van der Waals surface area contributed by atoms with Gasteiger partial charge < -0.3 is 15.0 Å². The van der Waals surface area contributed by atoms with Crippen LogP contribution in [0.4, 0.5) is 13.2 Å². The molecular weight excluding hydrogens is 359 g/mol. The van der Waals surface area contributed by atoms with E-state index in [4.69, 9.17) is 4.74 Å². The third kappa shape index (κ3) is 6.15. The fraction of sp³-hybridized carbons (Fsp3) is 0.579. The normalized spacial score (nSPS) is 16.3. The van der Waals surface area contributed by atoms with Gasteiger partial charge in [-0.15, -0.1) is 0 Å². The first-order valence-corrected chi connectivity index (χ1v) is 9.21. The fourth-order valence-electron chi connectivity index (χ4n) is 3.03. The second-order valence-corrected chi connectivity index (χ2v) is 6.38. The fourth-order valence-corrected chi connectivity index (χ4v) is 3.03. The van der Waals surface area contributed by atoms with Crippen LogP contribution in [0, 0.1) is 5.92 Å². The molecule has 0 saturated carbocycles. The number of carbonyl (C=O) groups is 1. The number of nitrogens with zero attached hydrogens (tertiary/aromatic N) is 2. The standard InChI is InChI=1S/C19H26F3N3O2/c1-3-23-18(25-10-8-15(9-11-25)17(26)27-4-2)24-13-14-6-5-7-16(12-14)19(20,21)22/h5-7,12,15H,3-4,8-11,13H2,1-2H3,(H,23,24). The van der Waals surface area contributed by atoms with Crippen molar-refractivity contribution < 1.29 is 22.7 Å². The number of ether oxygens (including phenoxy) is 1. The van der Waals surface area contributed by atoms with Gasteiger partial charge in [-0.1, -0.05) is 12.1 Å². The molecule has 5 nitrogen and oxygen atoms in total. The number of alkyl halides is 3. The Morgan fingerprint density at radius 2 is 2.00 bits per heavy atom. The number of aliphatic imine (C=N–C) groups is 1. The molecule has 0 aromatic heterocycles. The molecule has 0 aliphatic carbocycles. The number of rotatable bonds is 5. The van der Waals surface area contributed by atoms with Crippen molar-refractivity contribution in [2.75, 3.05) is 26.2 Å². The molecule has 1 aromatic rings. The van der Waals surface area contributed by atoms with Crippen LogP contribution in [-0.4, -0.2) is 43.1 Å². The molecule has 0 amide bonds. The smallest absolute Gasteiger partial charge is 0.416 e. The summed E-state index contributed by atoms with van der Waals surface area (Å²) in [5.41, 5.74) is -0.169. The Labute approximate surface area is 157 Å². The van der Waals surface area contributed by atoms with Crippen molar-refractivity contribution in [3.63, 3.8) is 0 Å². The van der Waals surface area contributed by atoms with Crippen LogP contribution in [0.1, 0.15) is 37.8 Å². The maximum absolute atomic E-state index is 12.8. The first-order chi connectivity index (χ1) is 12.8. The molecule has 1 aliphatic rings. The van der Waals surface area contributed by atoms with E-state index in [-0.39, 0.29) is 18.4 Å². The molecule has 1 aromatic carbocycles. The van der Waals surface area contributed by atoms with Gasteiger partial charge in [0.2, 0.25) is 0 Å². The van der Waals surface area contributed by atoms with Crippen LogP contribution in [0.15, 0.2) is 29.3 Å². The van der Waals surface area contributed by atoms with E-state index in [1.807, 2.05) is 11.8 Å². The van der Waals surface area contributed by atoms with Crippen molar-refractivity contribution >= 4 is 11.9 Å². The van der Waals surface area contributed by atoms with Crippen molar-refractivity contribution in [3.8, 4) is 0 Å². The highest BCUT2D eigenvalue weighted by Gasteiger charge is 2.30. The summed E-state index contributed by atoms with van der Waals surface area (Å²) in [5.74, 6) is 0.382. The molecule has 1 fully saturated rings. The molecule has 0 bridgehead atoms. The van der Waals surface area contributed by atoms with E-state index in [0.29, 0.717) is 50.6 Å². The maximum Gasteiger partial charge on any atom is 0.416 e. The Balaban J connectivity index is 2.02. The largest absolute Gasteiger partial charge is 0.466 e. The average Bonchev–Trinajstić information content (AvgIpc) is 2.65. The van der Waals surface area contributed by atoms with Gasteiger partial charge in [0.15, 0.2) is 5.96 Å². The Kier molecular flexibility index (Phi) is 7.50. The van der Waals surface area contributed by atoms with Crippen LogP contribution >= 0.6 is 0 Å². The van der Waals surface area contributed by atoms with Crippen molar-refractivity contribution in [2.24, 2.45) is 10.9 Å². The van der Waals surface area contributed by atoms with Gasteiger partial charge in [0.25, 0.3) is 0 Å². The predicted molar refractivity (Wildman–Crippen MR) is 97.2 cm³/mol. The molecule has 27 heavy (non-hydrogen) atoms. The summed E-state index contributed by atoms with van der Waals surface area (Å²) in [7, 11) is 0. The summed E-state index contributed by atoms with van der Waals surface area (Å²) in [4.78, 5) is 18.4. The van der Waals surface area contributed by atoms with Gasteiger partial charge in [0.05, 0.1) is 24.6 Å². The second kappa shape index (κ2) is 9.62. The highest BCUT2D eigenvalue weighted by atomic mass is 19.4. The Hall–Kier alpha value is -2.25. The number of esters is 1. The van der Waals surface area contributed by atoms with Crippen LogP contribution in [0.3, 0.4) is 0 Å². The molecule has 1 saturated heterocycles. The summed E-state index contributed by atoms with van der Waals surface area (Å²) < 4.78 is 43.6. The number of guanidine groups is 1. The lowest BCUT2D eigenvalue weighted by atomic mass is 9.97. The number of likely N-dealkylation sites (tertiary alicyclic amines) is 1. The van der Waals surface area contributed by atoms with Gasteiger partial charge in [-0.05, 0) is 44.4 Å². The van der Waals surface area contributed by atoms with Gasteiger partial charge in [-0.25, -0.2) is 4.99 Å². The summed E-state index contributed by atoms with van der Waals surface area (Å²) in [6.07, 6.45) is -3.02. The molecule has 8 heteroatoms. The lowest BCUT2D eigenvalue weighted by molar-refractivity contribution is -0.149. The first kappa shape index (κ1) is 21.1. The van der Waals surface area contributed by atoms with Crippen LogP contribution in [0.25, 0.3) is 0 Å². The zero-order chi connectivity index (χ0) is 19.9. The van der Waals surface area contributed by atoms with Gasteiger partial charge in [0.1, 0.15) is 0 Å². The van der Waals surface area contributed by atoms with Crippen molar-refractivity contribution in [2.45, 2.75) is 39.4 Å². The number of piperidine rings is 1. The highest BCUT2D eigenvalue weighted by molar-refractivity contribution is 5.80. The second-order valence-electron chi connectivity index (χ2n) is 6.38. The molecule has 2 rings (SSSR count). The SMILES string of the molecule is CCNC(=NCc1cccc(C(F)(F)F)c1)N1CCC(C(=O)OCC)CC1. The predicted octanol–water partition coefficient (Wildman–Crippen LogP) is 3.45. The third-order valence-corrected chi connectivity index (χ3v) is 4.42. The summed E-state index contributed by atoms with van der Waals surface area (Å²) in [6, 6.07) is 5.21. The van der Waals surface area contributed by atoms with Crippen LogP contribution in [-0.2, 0) is 22.3 Å². The maximum atomic E-state index is 12.8. The van der Waals surface area contributed by atoms with E-state index >= 15 is 0 Å². The molecule has 1 N–H and O–H groups in total. The van der Waals surface area contributed by atoms with Crippen LogP contribution in [0.5, 0.6) is 0 Å². The zero-order valence-corrected chi connectivity index (χ0v) is 15.7. The molecule has 1 heterocycles. The lowest BCUT2D eigenvalue weighted by Crippen LogP contribution is -2.46. The summed E-state index contributed by atoms with van der Waals surface area (Å²) in [6.45, 7) is 6.21. The van der Waals surface area contributed by atoms with E-state index < -0.39 is 11.7 Å². The van der Waals surface area contributed by atoms with Gasteiger partial charge in [-0.2, -0.15) is 13.2 Å². The minimum Gasteiger partial charge on any atom is -0.466 e. The Morgan fingerprint density at radius 1 is 1.30 bits per heavy atom.